The third kappa shape index (κ3) is 3.84. The predicted octanol–water partition coefficient (Wildman–Crippen LogP) is 3.03. The van der Waals surface area contributed by atoms with Gasteiger partial charge in [-0.15, -0.1) is 0 Å². The summed E-state index contributed by atoms with van der Waals surface area (Å²) in [6.07, 6.45) is 0. The number of carbonyl (C=O) groups is 2. The zero-order chi connectivity index (χ0) is 17.0. The van der Waals surface area contributed by atoms with Gasteiger partial charge in [-0.05, 0) is 26.0 Å². The number of carbonyl (C=O) groups excluding carboxylic acids is 2. The second-order valence-electron chi connectivity index (χ2n) is 4.45. The fraction of sp³-hybridized carbons (Fsp3) is 0.267. The Morgan fingerprint density at radius 3 is 2.74 bits per heavy atom. The maximum Gasteiger partial charge on any atom is 0.350 e. The number of hydrogen-bond donors (Lipinski definition) is 1. The summed E-state index contributed by atoms with van der Waals surface area (Å²) in [5.41, 5.74) is 0.301. The predicted molar refractivity (Wildman–Crippen MR) is 83.7 cm³/mol. The van der Waals surface area contributed by atoms with Gasteiger partial charge in [-0.2, -0.15) is 0 Å². The molecule has 0 saturated carbocycles. The van der Waals surface area contributed by atoms with Crippen LogP contribution in [0.4, 0.5) is 9.52 Å². The van der Waals surface area contributed by atoms with Gasteiger partial charge in [-0.1, -0.05) is 11.3 Å². The molecule has 6 nitrogen and oxygen atoms in total. The summed E-state index contributed by atoms with van der Waals surface area (Å²) in [5, 5.41) is 2.67. The van der Waals surface area contributed by atoms with Crippen LogP contribution in [0.1, 0.15) is 32.6 Å². The lowest BCUT2D eigenvalue weighted by molar-refractivity contribution is 0.0531. The van der Waals surface area contributed by atoms with Gasteiger partial charge in [0.15, 0.2) is 5.13 Å². The highest BCUT2D eigenvalue weighted by Gasteiger charge is 2.19. The molecule has 8 heteroatoms. The molecule has 2 aromatic rings. The van der Waals surface area contributed by atoms with Gasteiger partial charge in [0, 0.05) is 6.07 Å². The van der Waals surface area contributed by atoms with Crippen LogP contribution in [-0.4, -0.2) is 30.6 Å². The van der Waals surface area contributed by atoms with Crippen LogP contribution in [0, 0.1) is 12.7 Å². The molecule has 0 aliphatic rings. The van der Waals surface area contributed by atoms with Crippen LogP contribution < -0.4 is 10.1 Å². The summed E-state index contributed by atoms with van der Waals surface area (Å²) in [6, 6.07) is 3.91. The monoisotopic (exact) mass is 338 g/mol. The van der Waals surface area contributed by atoms with Gasteiger partial charge >= 0.3 is 5.97 Å². The van der Waals surface area contributed by atoms with E-state index in [1.807, 2.05) is 0 Å². The molecule has 0 saturated heterocycles. The summed E-state index contributed by atoms with van der Waals surface area (Å²) in [5.74, 6) is -1.55. The molecule has 0 unspecified atom stereocenters. The number of rotatable bonds is 5. The highest BCUT2D eigenvalue weighted by molar-refractivity contribution is 7.17. The highest BCUT2D eigenvalue weighted by Crippen LogP contribution is 2.24. The first-order valence-electron chi connectivity index (χ1n) is 6.75. The van der Waals surface area contributed by atoms with Crippen LogP contribution in [-0.2, 0) is 4.74 Å². The second-order valence-corrected chi connectivity index (χ2v) is 5.45. The first-order chi connectivity index (χ1) is 11.0. The Morgan fingerprint density at radius 1 is 1.39 bits per heavy atom. The van der Waals surface area contributed by atoms with E-state index in [0.717, 1.165) is 17.4 Å². The van der Waals surface area contributed by atoms with Crippen LogP contribution in [0.5, 0.6) is 5.75 Å². The lowest BCUT2D eigenvalue weighted by Crippen LogP contribution is -2.13. The Balaban J connectivity index is 2.18. The average molecular weight is 338 g/mol. The molecule has 1 N–H and O–H groups in total. The van der Waals surface area contributed by atoms with E-state index in [-0.39, 0.29) is 17.3 Å². The van der Waals surface area contributed by atoms with Crippen LogP contribution in [0.3, 0.4) is 0 Å². The molecule has 2 rings (SSSR count). The standard InChI is InChI=1S/C15H15FN2O4S/c1-4-22-14(20)12-8(2)17-15(23-12)18-13(19)10-6-5-9(21-3)7-11(10)16/h5-7H,4H2,1-3H3,(H,17,18,19). The molecule has 0 fully saturated rings. The first kappa shape index (κ1) is 16.9. The van der Waals surface area contributed by atoms with Crippen molar-refractivity contribution >= 4 is 28.3 Å². The summed E-state index contributed by atoms with van der Waals surface area (Å²) in [4.78, 5) is 28.2. The maximum atomic E-state index is 13.9. The van der Waals surface area contributed by atoms with Crippen LogP contribution in [0.15, 0.2) is 18.2 Å². The number of benzene rings is 1. The van der Waals surface area contributed by atoms with E-state index < -0.39 is 17.7 Å². The molecule has 1 heterocycles. The van der Waals surface area contributed by atoms with Gasteiger partial charge in [-0.25, -0.2) is 14.2 Å². The number of halogens is 1. The number of aromatic nitrogens is 1. The molecule has 0 aliphatic carbocycles. The molecule has 1 aromatic heterocycles. The number of methoxy groups -OCH3 is 1. The number of nitrogens with zero attached hydrogens (tertiary/aromatic N) is 1. The Morgan fingerprint density at radius 2 is 2.13 bits per heavy atom. The van der Waals surface area contributed by atoms with Gasteiger partial charge in [-0.3, -0.25) is 10.1 Å². The van der Waals surface area contributed by atoms with Crippen LogP contribution in [0.2, 0.25) is 0 Å². The third-order valence-corrected chi connectivity index (χ3v) is 3.95. The van der Waals surface area contributed by atoms with Crippen molar-refractivity contribution in [3.63, 3.8) is 0 Å². The zero-order valence-electron chi connectivity index (χ0n) is 12.8. The number of hydrogen-bond acceptors (Lipinski definition) is 6. The van der Waals surface area contributed by atoms with Crippen molar-refractivity contribution in [1.82, 2.24) is 4.98 Å². The van der Waals surface area contributed by atoms with E-state index in [4.69, 9.17) is 9.47 Å². The second kappa shape index (κ2) is 7.19. The topological polar surface area (TPSA) is 77.5 Å². The van der Waals surface area contributed by atoms with E-state index in [1.165, 1.54) is 19.2 Å². The smallest absolute Gasteiger partial charge is 0.350 e. The van der Waals surface area contributed by atoms with Crippen molar-refractivity contribution in [2.24, 2.45) is 0 Å². The molecule has 0 atom stereocenters. The first-order valence-corrected chi connectivity index (χ1v) is 7.57. The minimum atomic E-state index is -0.708. The molecule has 0 aliphatic heterocycles. The molecule has 23 heavy (non-hydrogen) atoms. The number of ether oxygens (including phenoxy) is 2. The summed E-state index contributed by atoms with van der Waals surface area (Å²) < 4.78 is 23.7. The molecular formula is C15H15FN2O4S. The fourth-order valence-electron chi connectivity index (χ4n) is 1.81. The molecule has 0 bridgehead atoms. The van der Waals surface area contributed by atoms with Crippen LogP contribution >= 0.6 is 11.3 Å². The number of amides is 1. The SMILES string of the molecule is CCOC(=O)c1sc(NC(=O)c2ccc(OC)cc2F)nc1C. The van der Waals surface area contributed by atoms with Gasteiger partial charge < -0.3 is 9.47 Å². The summed E-state index contributed by atoms with van der Waals surface area (Å²) in [6.45, 7) is 3.57. The van der Waals surface area contributed by atoms with Crippen molar-refractivity contribution in [3.05, 3.63) is 40.2 Å². The number of esters is 1. The molecule has 0 radical (unpaired) electrons. The lowest BCUT2D eigenvalue weighted by Gasteiger charge is -2.05. The third-order valence-electron chi connectivity index (χ3n) is 2.90. The van der Waals surface area contributed by atoms with Gasteiger partial charge in [0.2, 0.25) is 0 Å². The molecule has 0 spiro atoms. The fourth-order valence-corrected chi connectivity index (χ4v) is 2.66. The minimum Gasteiger partial charge on any atom is -0.497 e. The van der Waals surface area contributed by atoms with Gasteiger partial charge in [0.05, 0.1) is 25.0 Å². The largest absolute Gasteiger partial charge is 0.497 e. The van der Waals surface area contributed by atoms with Crippen molar-refractivity contribution < 1.29 is 23.5 Å². The zero-order valence-corrected chi connectivity index (χ0v) is 13.6. The molecular weight excluding hydrogens is 323 g/mol. The summed E-state index contributed by atoms with van der Waals surface area (Å²) in [7, 11) is 1.41. The minimum absolute atomic E-state index is 0.142. The van der Waals surface area contributed by atoms with E-state index in [0.29, 0.717) is 16.3 Å². The van der Waals surface area contributed by atoms with E-state index in [1.54, 1.807) is 13.8 Å². The number of anilines is 1. The number of thiazole rings is 1. The lowest BCUT2D eigenvalue weighted by atomic mass is 10.2. The van der Waals surface area contributed by atoms with Gasteiger partial charge in [0.25, 0.3) is 5.91 Å². The van der Waals surface area contributed by atoms with Crippen molar-refractivity contribution in [1.29, 1.82) is 0 Å². The highest BCUT2D eigenvalue weighted by atomic mass is 32.1. The average Bonchev–Trinajstić information content (AvgIpc) is 2.87. The van der Waals surface area contributed by atoms with E-state index >= 15 is 0 Å². The Kier molecular flexibility index (Phi) is 5.28. The Bertz CT molecular complexity index is 745. The van der Waals surface area contributed by atoms with E-state index in [2.05, 4.69) is 10.3 Å². The van der Waals surface area contributed by atoms with Crippen molar-refractivity contribution in [2.75, 3.05) is 19.0 Å². The number of nitrogens with one attached hydrogen (secondary N) is 1. The summed E-state index contributed by atoms with van der Waals surface area (Å²) >= 11 is 0.979. The van der Waals surface area contributed by atoms with Crippen molar-refractivity contribution in [3.8, 4) is 5.75 Å². The normalized spacial score (nSPS) is 10.3. The van der Waals surface area contributed by atoms with Gasteiger partial charge in [0.1, 0.15) is 16.4 Å². The molecule has 122 valence electrons. The van der Waals surface area contributed by atoms with E-state index in [9.17, 15) is 14.0 Å². The quantitative estimate of drug-likeness (QED) is 0.848. The maximum absolute atomic E-state index is 13.9. The molecule has 1 aromatic carbocycles. The Labute approximate surface area is 136 Å². The number of aryl methyl sites for hydroxylation is 1. The van der Waals surface area contributed by atoms with Crippen molar-refractivity contribution in [2.45, 2.75) is 13.8 Å². The Hall–Kier alpha value is -2.48. The molecule has 1 amide bonds. The van der Waals surface area contributed by atoms with Crippen LogP contribution in [0.25, 0.3) is 0 Å².